The third-order valence-electron chi connectivity index (χ3n) is 3.05. The molecule has 1 fully saturated rings. The van der Waals surface area contributed by atoms with Crippen molar-refractivity contribution in [3.63, 3.8) is 0 Å². The van der Waals surface area contributed by atoms with Crippen molar-refractivity contribution in [2.75, 3.05) is 26.8 Å². The fourth-order valence-corrected chi connectivity index (χ4v) is 2.55. The van der Waals surface area contributed by atoms with Gasteiger partial charge in [-0.05, 0) is 34.1 Å². The quantitative estimate of drug-likeness (QED) is 0.924. The van der Waals surface area contributed by atoms with Crippen molar-refractivity contribution in [1.29, 1.82) is 0 Å². The molecule has 0 saturated carbocycles. The van der Waals surface area contributed by atoms with Crippen LogP contribution in [0.2, 0.25) is 0 Å². The Bertz CT molecular complexity index is 596. The zero-order valence-electron chi connectivity index (χ0n) is 10.9. The van der Waals surface area contributed by atoms with Gasteiger partial charge in [0.2, 0.25) is 5.82 Å². The van der Waals surface area contributed by atoms with Crippen LogP contribution in [-0.4, -0.2) is 36.9 Å². The monoisotopic (exact) mass is 339 g/mol. The molecule has 2 aromatic rings. The second-order valence-corrected chi connectivity index (χ2v) is 5.22. The van der Waals surface area contributed by atoms with Gasteiger partial charge in [0.25, 0.3) is 5.89 Å². The lowest BCUT2D eigenvalue weighted by Gasteiger charge is -2.19. The molecule has 0 bridgehead atoms. The third kappa shape index (κ3) is 2.70. The van der Waals surface area contributed by atoms with Crippen LogP contribution in [0.15, 0.2) is 27.2 Å². The average Bonchev–Trinajstić information content (AvgIpc) is 2.98. The minimum atomic E-state index is -0.174. The maximum atomic E-state index is 5.59. The summed E-state index contributed by atoms with van der Waals surface area (Å²) in [7, 11) is 1.62. The topological polar surface area (TPSA) is 69.4 Å². The Kier molecular flexibility index (Phi) is 4.00. The molecule has 2 heterocycles. The molecule has 1 unspecified atom stereocenters. The van der Waals surface area contributed by atoms with E-state index in [1.807, 2.05) is 18.2 Å². The molecule has 3 rings (SSSR count). The van der Waals surface area contributed by atoms with Crippen molar-refractivity contribution < 1.29 is 14.0 Å². The first-order valence-electron chi connectivity index (χ1n) is 6.28. The van der Waals surface area contributed by atoms with E-state index in [0.717, 1.165) is 22.3 Å². The van der Waals surface area contributed by atoms with E-state index < -0.39 is 0 Å². The summed E-state index contributed by atoms with van der Waals surface area (Å²) in [6, 6.07) is 5.64. The Morgan fingerprint density at radius 3 is 3.05 bits per heavy atom. The number of rotatable bonds is 3. The van der Waals surface area contributed by atoms with E-state index in [9.17, 15) is 0 Å². The number of hydrogen-bond acceptors (Lipinski definition) is 6. The molecular weight excluding hydrogens is 326 g/mol. The van der Waals surface area contributed by atoms with Gasteiger partial charge in [-0.25, -0.2) is 0 Å². The second-order valence-electron chi connectivity index (χ2n) is 4.37. The van der Waals surface area contributed by atoms with Crippen LogP contribution in [0.3, 0.4) is 0 Å². The van der Waals surface area contributed by atoms with Crippen molar-refractivity contribution in [2.24, 2.45) is 0 Å². The van der Waals surface area contributed by atoms with Gasteiger partial charge in [-0.2, -0.15) is 4.98 Å². The molecule has 6 nitrogen and oxygen atoms in total. The Balaban J connectivity index is 1.84. The molecule has 1 aromatic heterocycles. The summed E-state index contributed by atoms with van der Waals surface area (Å²) in [5.41, 5.74) is 0.858. The van der Waals surface area contributed by atoms with E-state index >= 15 is 0 Å². The highest BCUT2D eigenvalue weighted by molar-refractivity contribution is 9.10. The van der Waals surface area contributed by atoms with Gasteiger partial charge in [0.05, 0.1) is 18.2 Å². The lowest BCUT2D eigenvalue weighted by molar-refractivity contribution is 0.00755. The highest BCUT2D eigenvalue weighted by atomic mass is 79.9. The molecule has 20 heavy (non-hydrogen) atoms. The summed E-state index contributed by atoms with van der Waals surface area (Å²) in [5, 5.41) is 7.23. The number of hydrogen-bond donors (Lipinski definition) is 1. The van der Waals surface area contributed by atoms with Gasteiger partial charge < -0.3 is 19.3 Å². The fraction of sp³-hybridized carbons (Fsp3) is 0.385. The summed E-state index contributed by atoms with van der Waals surface area (Å²) in [6.45, 7) is 2.19. The molecule has 7 heteroatoms. The molecule has 1 N–H and O–H groups in total. The molecule has 1 saturated heterocycles. The van der Waals surface area contributed by atoms with E-state index in [4.69, 9.17) is 14.0 Å². The van der Waals surface area contributed by atoms with Crippen LogP contribution in [0.5, 0.6) is 5.75 Å². The summed E-state index contributed by atoms with van der Waals surface area (Å²) >= 11 is 3.44. The minimum Gasteiger partial charge on any atom is -0.496 e. The first-order valence-corrected chi connectivity index (χ1v) is 7.07. The van der Waals surface area contributed by atoms with Gasteiger partial charge >= 0.3 is 0 Å². The predicted octanol–water partition coefficient (Wildman–Crippen LogP) is 2.17. The number of halogens is 1. The van der Waals surface area contributed by atoms with E-state index in [1.165, 1.54) is 0 Å². The molecule has 0 spiro atoms. The maximum Gasteiger partial charge on any atom is 0.257 e. The van der Waals surface area contributed by atoms with Crippen LogP contribution in [0.25, 0.3) is 11.4 Å². The van der Waals surface area contributed by atoms with Gasteiger partial charge in [-0.3, -0.25) is 0 Å². The number of nitrogens with one attached hydrogen (secondary N) is 1. The molecule has 0 radical (unpaired) electrons. The number of ether oxygens (including phenoxy) is 2. The highest BCUT2D eigenvalue weighted by Crippen LogP contribution is 2.30. The first kappa shape index (κ1) is 13.5. The lowest BCUT2D eigenvalue weighted by atomic mass is 10.2. The van der Waals surface area contributed by atoms with Crippen LogP contribution >= 0.6 is 15.9 Å². The van der Waals surface area contributed by atoms with Crippen molar-refractivity contribution >= 4 is 15.9 Å². The highest BCUT2D eigenvalue weighted by Gasteiger charge is 2.22. The van der Waals surface area contributed by atoms with Crippen LogP contribution in [0.1, 0.15) is 12.0 Å². The number of nitrogens with zero attached hydrogens (tertiary/aromatic N) is 2. The lowest BCUT2D eigenvalue weighted by Crippen LogP contribution is -2.33. The number of aromatic nitrogens is 2. The molecule has 1 aliphatic rings. The Morgan fingerprint density at radius 1 is 1.45 bits per heavy atom. The number of methoxy groups -OCH3 is 1. The number of benzene rings is 1. The summed E-state index contributed by atoms with van der Waals surface area (Å²) < 4.78 is 16.9. The predicted molar refractivity (Wildman–Crippen MR) is 75.5 cm³/mol. The van der Waals surface area contributed by atoms with Crippen LogP contribution in [0, 0.1) is 0 Å². The Labute approximate surface area is 124 Å². The van der Waals surface area contributed by atoms with Crippen LogP contribution in [-0.2, 0) is 4.74 Å². The third-order valence-corrected chi connectivity index (χ3v) is 3.67. The Hall–Kier alpha value is -1.44. The van der Waals surface area contributed by atoms with E-state index in [1.54, 1.807) is 7.11 Å². The summed E-state index contributed by atoms with van der Waals surface area (Å²) in [6.07, 6.45) is -0.174. The average molecular weight is 340 g/mol. The SMILES string of the molecule is COc1ccc(-c2noc(C3CNCCO3)n2)cc1Br. The molecule has 0 amide bonds. The number of morpholine rings is 1. The molecule has 1 aliphatic heterocycles. The van der Waals surface area contributed by atoms with Gasteiger partial charge in [0.15, 0.2) is 0 Å². The van der Waals surface area contributed by atoms with Crippen molar-refractivity contribution in [2.45, 2.75) is 6.10 Å². The van der Waals surface area contributed by atoms with Gasteiger partial charge in [-0.1, -0.05) is 5.16 Å². The maximum absolute atomic E-state index is 5.59. The van der Waals surface area contributed by atoms with Crippen molar-refractivity contribution in [1.82, 2.24) is 15.5 Å². The van der Waals surface area contributed by atoms with Crippen LogP contribution in [0.4, 0.5) is 0 Å². The summed E-state index contributed by atoms with van der Waals surface area (Å²) in [5.74, 6) is 1.80. The second kappa shape index (κ2) is 5.90. The van der Waals surface area contributed by atoms with E-state index in [-0.39, 0.29) is 6.10 Å². The largest absolute Gasteiger partial charge is 0.496 e. The van der Waals surface area contributed by atoms with Crippen molar-refractivity contribution in [3.8, 4) is 17.1 Å². The zero-order valence-corrected chi connectivity index (χ0v) is 12.5. The fourth-order valence-electron chi connectivity index (χ4n) is 2.01. The normalized spacial score (nSPS) is 19.0. The smallest absolute Gasteiger partial charge is 0.257 e. The van der Waals surface area contributed by atoms with E-state index in [0.29, 0.717) is 24.9 Å². The molecule has 1 aromatic carbocycles. The molecular formula is C13H14BrN3O3. The molecule has 106 valence electrons. The Morgan fingerprint density at radius 2 is 2.35 bits per heavy atom. The zero-order chi connectivity index (χ0) is 13.9. The van der Waals surface area contributed by atoms with Gasteiger partial charge in [-0.15, -0.1) is 0 Å². The van der Waals surface area contributed by atoms with Gasteiger partial charge in [0.1, 0.15) is 11.9 Å². The van der Waals surface area contributed by atoms with E-state index in [2.05, 4.69) is 31.4 Å². The minimum absolute atomic E-state index is 0.174. The molecule has 0 aliphatic carbocycles. The molecule has 1 atom stereocenters. The standard InChI is InChI=1S/C13H14BrN3O3/c1-18-10-3-2-8(6-9(10)14)12-16-13(20-17-12)11-7-15-4-5-19-11/h2-3,6,11,15H,4-5,7H2,1H3. The summed E-state index contributed by atoms with van der Waals surface area (Å²) in [4.78, 5) is 4.40. The van der Waals surface area contributed by atoms with Crippen LogP contribution < -0.4 is 10.1 Å². The first-order chi connectivity index (χ1) is 9.78. The van der Waals surface area contributed by atoms with Gasteiger partial charge in [0, 0.05) is 18.7 Å². The van der Waals surface area contributed by atoms with Crippen molar-refractivity contribution in [3.05, 3.63) is 28.6 Å².